The Hall–Kier alpha value is -0.590. The zero-order valence-corrected chi connectivity index (χ0v) is 7.65. The minimum Gasteiger partial charge on any atom is -0.247 e. The third-order valence-electron chi connectivity index (χ3n) is 1.52. The van der Waals surface area contributed by atoms with E-state index in [1.165, 1.54) is 5.57 Å². The summed E-state index contributed by atoms with van der Waals surface area (Å²) in [5.41, 5.74) is 2.48. The second kappa shape index (κ2) is 6.14. The summed E-state index contributed by atoms with van der Waals surface area (Å²) in [5, 5.41) is 0. The van der Waals surface area contributed by atoms with Gasteiger partial charge in [-0.2, -0.15) is 0 Å². The molecule has 0 aromatic heterocycles. The van der Waals surface area contributed by atoms with Crippen molar-refractivity contribution in [2.75, 3.05) is 6.67 Å². The average Bonchev–Trinajstić information content (AvgIpc) is 1.87. The fourth-order valence-electron chi connectivity index (χ4n) is 0.822. The summed E-state index contributed by atoms with van der Waals surface area (Å²) >= 11 is 0. The quantitative estimate of drug-likeness (QED) is 0.545. The second-order valence-corrected chi connectivity index (χ2v) is 3.02. The van der Waals surface area contributed by atoms with E-state index in [0.29, 0.717) is 0 Å². The van der Waals surface area contributed by atoms with Crippen LogP contribution in [0.3, 0.4) is 0 Å². The van der Waals surface area contributed by atoms with Crippen molar-refractivity contribution in [2.45, 2.75) is 33.6 Å². The molecule has 0 aliphatic rings. The summed E-state index contributed by atoms with van der Waals surface area (Å²) < 4.78 is 11.7. The SMILES string of the molecule is CC(C)=CCC/C(C)=C/CF. The van der Waals surface area contributed by atoms with E-state index in [0.717, 1.165) is 18.4 Å². The fraction of sp³-hybridized carbons (Fsp3) is 0.600. The molecule has 0 spiro atoms. The van der Waals surface area contributed by atoms with Gasteiger partial charge in [0.2, 0.25) is 0 Å². The Labute approximate surface area is 68.8 Å². The zero-order chi connectivity index (χ0) is 8.69. The van der Waals surface area contributed by atoms with Gasteiger partial charge < -0.3 is 0 Å². The first-order valence-electron chi connectivity index (χ1n) is 4.01. The Morgan fingerprint density at radius 2 is 1.82 bits per heavy atom. The Kier molecular flexibility index (Phi) is 5.81. The highest BCUT2D eigenvalue weighted by Crippen LogP contribution is 2.05. The molecular weight excluding hydrogens is 139 g/mol. The van der Waals surface area contributed by atoms with Crippen LogP contribution in [0, 0.1) is 0 Å². The molecule has 0 heterocycles. The second-order valence-electron chi connectivity index (χ2n) is 3.02. The van der Waals surface area contributed by atoms with E-state index in [9.17, 15) is 4.39 Å². The van der Waals surface area contributed by atoms with Crippen molar-refractivity contribution in [3.05, 3.63) is 23.3 Å². The van der Waals surface area contributed by atoms with Crippen LogP contribution < -0.4 is 0 Å². The molecule has 64 valence electrons. The van der Waals surface area contributed by atoms with E-state index in [4.69, 9.17) is 0 Å². The van der Waals surface area contributed by atoms with E-state index in [2.05, 4.69) is 19.9 Å². The summed E-state index contributed by atoms with van der Waals surface area (Å²) in [5.74, 6) is 0. The zero-order valence-electron chi connectivity index (χ0n) is 7.65. The van der Waals surface area contributed by atoms with Gasteiger partial charge in [0.25, 0.3) is 0 Å². The van der Waals surface area contributed by atoms with Gasteiger partial charge in [0.15, 0.2) is 0 Å². The van der Waals surface area contributed by atoms with Gasteiger partial charge in [0, 0.05) is 0 Å². The van der Waals surface area contributed by atoms with Crippen molar-refractivity contribution in [2.24, 2.45) is 0 Å². The standard InChI is InChI=1S/C10H17F/c1-9(2)5-4-6-10(3)7-8-11/h5,7H,4,6,8H2,1-3H3/b10-7+. The lowest BCUT2D eigenvalue weighted by molar-refractivity contribution is 0.558. The predicted molar refractivity (Wildman–Crippen MR) is 48.4 cm³/mol. The Balaban J connectivity index is 3.54. The Morgan fingerprint density at radius 1 is 1.18 bits per heavy atom. The molecule has 0 fully saturated rings. The molecule has 0 nitrogen and oxygen atoms in total. The monoisotopic (exact) mass is 156 g/mol. The maximum atomic E-state index is 11.7. The van der Waals surface area contributed by atoms with Crippen LogP contribution in [0.15, 0.2) is 23.3 Å². The first-order valence-corrected chi connectivity index (χ1v) is 4.01. The van der Waals surface area contributed by atoms with E-state index in [-0.39, 0.29) is 6.67 Å². The molecule has 0 aromatic rings. The molecule has 0 atom stereocenters. The van der Waals surface area contributed by atoms with Gasteiger partial charge in [0.05, 0.1) is 0 Å². The van der Waals surface area contributed by atoms with Crippen molar-refractivity contribution < 1.29 is 4.39 Å². The van der Waals surface area contributed by atoms with Gasteiger partial charge in [-0.05, 0) is 33.6 Å². The predicted octanol–water partition coefficient (Wildman–Crippen LogP) is 3.65. The highest BCUT2D eigenvalue weighted by atomic mass is 19.1. The summed E-state index contributed by atoms with van der Waals surface area (Å²) in [6.07, 6.45) is 5.83. The van der Waals surface area contributed by atoms with Gasteiger partial charge in [-0.15, -0.1) is 0 Å². The molecule has 0 N–H and O–H groups in total. The van der Waals surface area contributed by atoms with Crippen molar-refractivity contribution in [3.63, 3.8) is 0 Å². The molecule has 0 unspecified atom stereocenters. The van der Waals surface area contributed by atoms with Crippen molar-refractivity contribution in [1.82, 2.24) is 0 Å². The molecule has 0 radical (unpaired) electrons. The van der Waals surface area contributed by atoms with E-state index < -0.39 is 0 Å². The van der Waals surface area contributed by atoms with Crippen molar-refractivity contribution in [1.29, 1.82) is 0 Å². The van der Waals surface area contributed by atoms with Gasteiger partial charge in [0.1, 0.15) is 6.67 Å². The van der Waals surface area contributed by atoms with Crippen molar-refractivity contribution >= 4 is 0 Å². The van der Waals surface area contributed by atoms with Crippen LogP contribution in [-0.4, -0.2) is 6.67 Å². The molecule has 0 aromatic carbocycles. The molecule has 0 aliphatic carbocycles. The summed E-state index contributed by atoms with van der Waals surface area (Å²) in [7, 11) is 0. The molecule has 0 aliphatic heterocycles. The minimum atomic E-state index is -0.333. The Bertz CT molecular complexity index is 150. The maximum Gasteiger partial charge on any atom is 0.108 e. The molecule has 0 rings (SSSR count). The summed E-state index contributed by atoms with van der Waals surface area (Å²) in [6.45, 7) is 5.79. The minimum absolute atomic E-state index is 0.333. The molecule has 11 heavy (non-hydrogen) atoms. The highest BCUT2D eigenvalue weighted by Gasteiger charge is 1.87. The van der Waals surface area contributed by atoms with Crippen LogP contribution in [0.2, 0.25) is 0 Å². The number of hydrogen-bond acceptors (Lipinski definition) is 0. The third kappa shape index (κ3) is 7.31. The molecule has 0 saturated carbocycles. The van der Waals surface area contributed by atoms with Crippen LogP contribution >= 0.6 is 0 Å². The first kappa shape index (κ1) is 10.4. The topological polar surface area (TPSA) is 0 Å². The van der Waals surface area contributed by atoms with Crippen LogP contribution in [0.1, 0.15) is 33.6 Å². The number of alkyl halides is 1. The van der Waals surface area contributed by atoms with E-state index >= 15 is 0 Å². The fourth-order valence-corrected chi connectivity index (χ4v) is 0.822. The Morgan fingerprint density at radius 3 is 2.27 bits per heavy atom. The summed E-state index contributed by atoms with van der Waals surface area (Å²) in [6, 6.07) is 0. The van der Waals surface area contributed by atoms with Crippen LogP contribution in [0.25, 0.3) is 0 Å². The number of hydrogen-bond donors (Lipinski definition) is 0. The van der Waals surface area contributed by atoms with Gasteiger partial charge >= 0.3 is 0 Å². The molecular formula is C10H17F. The van der Waals surface area contributed by atoms with Gasteiger partial charge in [-0.1, -0.05) is 23.3 Å². The normalized spacial score (nSPS) is 11.5. The molecule has 0 amide bonds. The molecule has 1 heteroatoms. The van der Waals surface area contributed by atoms with Gasteiger partial charge in [-0.3, -0.25) is 0 Å². The molecule has 0 bridgehead atoms. The number of halogens is 1. The first-order chi connectivity index (χ1) is 5.16. The van der Waals surface area contributed by atoms with E-state index in [1.54, 1.807) is 6.08 Å². The van der Waals surface area contributed by atoms with Crippen molar-refractivity contribution in [3.8, 4) is 0 Å². The largest absolute Gasteiger partial charge is 0.247 e. The highest BCUT2D eigenvalue weighted by molar-refractivity contribution is 5.01. The van der Waals surface area contributed by atoms with Gasteiger partial charge in [-0.25, -0.2) is 4.39 Å². The smallest absolute Gasteiger partial charge is 0.108 e. The van der Waals surface area contributed by atoms with Crippen LogP contribution in [0.4, 0.5) is 4.39 Å². The number of rotatable bonds is 4. The van der Waals surface area contributed by atoms with E-state index in [1.807, 2.05) is 6.92 Å². The van der Waals surface area contributed by atoms with Crippen LogP contribution in [0.5, 0.6) is 0 Å². The average molecular weight is 156 g/mol. The molecule has 0 saturated heterocycles. The maximum absolute atomic E-state index is 11.7. The summed E-state index contributed by atoms with van der Waals surface area (Å²) in [4.78, 5) is 0. The lowest BCUT2D eigenvalue weighted by Gasteiger charge is -1.96. The lowest BCUT2D eigenvalue weighted by atomic mass is 10.1. The lowest BCUT2D eigenvalue weighted by Crippen LogP contribution is -1.77. The number of allylic oxidation sites excluding steroid dienone is 4. The third-order valence-corrected chi connectivity index (χ3v) is 1.52. The van der Waals surface area contributed by atoms with Crippen LogP contribution in [-0.2, 0) is 0 Å².